The number of anilines is 1. The molecule has 0 unspecified atom stereocenters. The number of rotatable bonds is 2. The molecular weight excluding hydrogens is 309 g/mol. The summed E-state index contributed by atoms with van der Waals surface area (Å²) in [7, 11) is 0. The minimum Gasteiger partial charge on any atom is -0.491 e. The number of benzene rings is 1. The predicted octanol–water partition coefficient (Wildman–Crippen LogP) is 3.52. The molecule has 4 rings (SSSR count). The molecule has 0 bridgehead atoms. The molecular formula is C15H11F3N4O. The standard InChI is InChI=1S/C15H11F3N4O/c16-15(17,18)12-5-9-13(19-7-20-14(9)22-12)21-10-6-23-11-4-2-1-3-8(10)11/h1-5,7,10H,6H2,(H2,19,20,21,22)/t10-/m1/s1. The number of alkyl halides is 3. The molecule has 3 heterocycles. The smallest absolute Gasteiger partial charge is 0.431 e. The van der Waals surface area contributed by atoms with Crippen molar-refractivity contribution >= 4 is 16.9 Å². The van der Waals surface area contributed by atoms with E-state index >= 15 is 0 Å². The molecule has 2 aromatic heterocycles. The van der Waals surface area contributed by atoms with Crippen molar-refractivity contribution in [2.24, 2.45) is 0 Å². The molecule has 0 radical (unpaired) electrons. The van der Waals surface area contributed by atoms with Crippen LogP contribution in [0.15, 0.2) is 36.7 Å². The molecule has 0 aliphatic carbocycles. The van der Waals surface area contributed by atoms with E-state index in [9.17, 15) is 13.2 Å². The normalized spacial score (nSPS) is 17.1. The van der Waals surface area contributed by atoms with E-state index in [1.807, 2.05) is 24.3 Å². The number of para-hydroxylation sites is 1. The minimum absolute atomic E-state index is 0.141. The molecule has 2 N–H and O–H groups in total. The van der Waals surface area contributed by atoms with E-state index in [1.165, 1.54) is 6.33 Å². The molecule has 1 atom stereocenters. The summed E-state index contributed by atoms with van der Waals surface area (Å²) >= 11 is 0. The molecule has 0 saturated carbocycles. The monoisotopic (exact) mass is 320 g/mol. The second-order valence-electron chi connectivity index (χ2n) is 5.21. The summed E-state index contributed by atoms with van der Waals surface area (Å²) in [5.74, 6) is 1.10. The van der Waals surface area contributed by atoms with Gasteiger partial charge in [-0.3, -0.25) is 0 Å². The average Bonchev–Trinajstić information content (AvgIpc) is 3.12. The van der Waals surface area contributed by atoms with Gasteiger partial charge in [0.05, 0.1) is 11.4 Å². The van der Waals surface area contributed by atoms with E-state index in [0.29, 0.717) is 17.8 Å². The lowest BCUT2D eigenvalue weighted by Crippen LogP contribution is -2.13. The van der Waals surface area contributed by atoms with Gasteiger partial charge >= 0.3 is 6.18 Å². The minimum atomic E-state index is -4.46. The molecule has 1 aliphatic rings. The van der Waals surface area contributed by atoms with Crippen molar-refractivity contribution in [3.8, 4) is 5.75 Å². The van der Waals surface area contributed by atoms with E-state index in [4.69, 9.17) is 4.74 Å². The number of ether oxygens (including phenoxy) is 1. The van der Waals surface area contributed by atoms with Gasteiger partial charge in [-0.25, -0.2) is 9.97 Å². The molecule has 8 heteroatoms. The Morgan fingerprint density at radius 2 is 2.04 bits per heavy atom. The van der Waals surface area contributed by atoms with Crippen LogP contribution in [0.1, 0.15) is 17.3 Å². The van der Waals surface area contributed by atoms with E-state index in [2.05, 4.69) is 20.3 Å². The van der Waals surface area contributed by atoms with Gasteiger partial charge in [0, 0.05) is 5.56 Å². The van der Waals surface area contributed by atoms with Crippen molar-refractivity contribution in [2.75, 3.05) is 11.9 Å². The third-order valence-electron chi connectivity index (χ3n) is 3.74. The number of hydrogen-bond donors (Lipinski definition) is 2. The lowest BCUT2D eigenvalue weighted by molar-refractivity contribution is -0.140. The maximum atomic E-state index is 12.8. The summed E-state index contributed by atoms with van der Waals surface area (Å²) in [6.45, 7) is 0.390. The van der Waals surface area contributed by atoms with Gasteiger partial charge in [-0.15, -0.1) is 0 Å². The number of hydrogen-bond acceptors (Lipinski definition) is 4. The van der Waals surface area contributed by atoms with Gasteiger partial charge < -0.3 is 15.0 Å². The van der Waals surface area contributed by atoms with Crippen LogP contribution in [0.3, 0.4) is 0 Å². The quantitative estimate of drug-likeness (QED) is 0.758. The van der Waals surface area contributed by atoms with Crippen LogP contribution >= 0.6 is 0 Å². The van der Waals surface area contributed by atoms with Crippen LogP contribution in [0.5, 0.6) is 5.75 Å². The zero-order valence-electron chi connectivity index (χ0n) is 11.7. The van der Waals surface area contributed by atoms with Crippen LogP contribution < -0.4 is 10.1 Å². The SMILES string of the molecule is FC(F)(F)c1cc2c(N[C@@H]3COc4ccccc43)ncnc2[nH]1. The number of halogens is 3. The Hall–Kier alpha value is -2.77. The zero-order valence-corrected chi connectivity index (χ0v) is 11.7. The van der Waals surface area contributed by atoms with Crippen LogP contribution in [-0.4, -0.2) is 21.6 Å². The Kier molecular flexibility index (Phi) is 2.93. The molecule has 0 spiro atoms. The number of H-pyrrole nitrogens is 1. The molecule has 0 amide bonds. The Morgan fingerprint density at radius 3 is 2.87 bits per heavy atom. The summed E-state index contributed by atoms with van der Waals surface area (Å²) in [4.78, 5) is 10.2. The highest BCUT2D eigenvalue weighted by Crippen LogP contribution is 2.36. The fourth-order valence-electron chi connectivity index (χ4n) is 2.65. The summed E-state index contributed by atoms with van der Waals surface area (Å²) in [5, 5.41) is 3.44. The molecule has 118 valence electrons. The second kappa shape index (κ2) is 4.87. The van der Waals surface area contributed by atoms with Gasteiger partial charge in [-0.2, -0.15) is 13.2 Å². The van der Waals surface area contributed by atoms with Crippen molar-refractivity contribution in [3.63, 3.8) is 0 Å². The zero-order chi connectivity index (χ0) is 16.0. The number of aromatic amines is 1. The number of nitrogens with zero attached hydrogens (tertiary/aromatic N) is 2. The summed E-state index contributed by atoms with van der Waals surface area (Å²) < 4.78 is 44.1. The maximum Gasteiger partial charge on any atom is 0.431 e. The van der Waals surface area contributed by atoms with Gasteiger partial charge in [0.1, 0.15) is 35.8 Å². The van der Waals surface area contributed by atoms with Crippen LogP contribution in [0, 0.1) is 0 Å². The number of fused-ring (bicyclic) bond motifs is 2. The summed E-state index contributed by atoms with van der Waals surface area (Å²) in [5.41, 5.74) is 0.243. The third kappa shape index (κ3) is 2.36. The van der Waals surface area contributed by atoms with Crippen LogP contribution in [0.25, 0.3) is 11.0 Å². The fourth-order valence-corrected chi connectivity index (χ4v) is 2.65. The van der Waals surface area contributed by atoms with Crippen molar-refractivity contribution in [1.29, 1.82) is 0 Å². The third-order valence-corrected chi connectivity index (χ3v) is 3.74. The molecule has 3 aromatic rings. The molecule has 1 aliphatic heterocycles. The van der Waals surface area contributed by atoms with Crippen molar-refractivity contribution in [3.05, 3.63) is 47.9 Å². The highest BCUT2D eigenvalue weighted by Gasteiger charge is 2.33. The Morgan fingerprint density at radius 1 is 1.22 bits per heavy atom. The molecule has 0 saturated heterocycles. The Bertz CT molecular complexity index is 875. The van der Waals surface area contributed by atoms with Crippen molar-refractivity contribution in [1.82, 2.24) is 15.0 Å². The highest BCUT2D eigenvalue weighted by atomic mass is 19.4. The van der Waals surface area contributed by atoms with Gasteiger partial charge in [0.2, 0.25) is 0 Å². The molecule has 1 aromatic carbocycles. The second-order valence-corrected chi connectivity index (χ2v) is 5.21. The first-order chi connectivity index (χ1) is 11.0. The maximum absolute atomic E-state index is 12.8. The first-order valence-electron chi connectivity index (χ1n) is 6.91. The van der Waals surface area contributed by atoms with E-state index in [0.717, 1.165) is 17.4 Å². The van der Waals surface area contributed by atoms with Crippen LogP contribution in [0.4, 0.5) is 19.0 Å². The topological polar surface area (TPSA) is 62.8 Å². The number of nitrogens with one attached hydrogen (secondary N) is 2. The lowest BCUT2D eigenvalue weighted by Gasteiger charge is -2.12. The Labute approximate surface area is 128 Å². The summed E-state index contributed by atoms with van der Waals surface area (Å²) in [6, 6.07) is 8.36. The molecule has 0 fully saturated rings. The highest BCUT2D eigenvalue weighted by molar-refractivity contribution is 5.88. The fraction of sp³-hybridized carbons (Fsp3) is 0.200. The largest absolute Gasteiger partial charge is 0.491 e. The average molecular weight is 320 g/mol. The van der Waals surface area contributed by atoms with Crippen LogP contribution in [-0.2, 0) is 6.18 Å². The van der Waals surface area contributed by atoms with Crippen molar-refractivity contribution < 1.29 is 17.9 Å². The summed E-state index contributed by atoms with van der Waals surface area (Å²) in [6.07, 6.45) is -3.23. The van der Waals surface area contributed by atoms with Gasteiger partial charge in [-0.1, -0.05) is 18.2 Å². The molecule has 23 heavy (non-hydrogen) atoms. The van der Waals surface area contributed by atoms with E-state index in [-0.39, 0.29) is 11.7 Å². The lowest BCUT2D eigenvalue weighted by atomic mass is 10.1. The number of aromatic nitrogens is 3. The van der Waals surface area contributed by atoms with E-state index < -0.39 is 11.9 Å². The molecule has 5 nitrogen and oxygen atoms in total. The Balaban J connectivity index is 1.71. The van der Waals surface area contributed by atoms with Gasteiger partial charge in [-0.05, 0) is 12.1 Å². The van der Waals surface area contributed by atoms with Gasteiger partial charge in [0.15, 0.2) is 0 Å². The van der Waals surface area contributed by atoms with Crippen molar-refractivity contribution in [2.45, 2.75) is 12.2 Å². The van der Waals surface area contributed by atoms with Crippen LogP contribution in [0.2, 0.25) is 0 Å². The first kappa shape index (κ1) is 13.9. The van der Waals surface area contributed by atoms with Gasteiger partial charge in [0.25, 0.3) is 0 Å². The predicted molar refractivity (Wildman–Crippen MR) is 77.2 cm³/mol. The first-order valence-corrected chi connectivity index (χ1v) is 6.91. The van der Waals surface area contributed by atoms with E-state index in [1.54, 1.807) is 0 Å².